The SMILES string of the molecule is CCC(CC)(c1ccc(N(c2ccc(C(CC)(CC)c3cccc(C(F)(F)F)c3)cc2)c2ccc(C)cc2C)cc1)c1cccc(C(F)(F)F)c1. The van der Waals surface area contributed by atoms with Gasteiger partial charge in [0, 0.05) is 27.9 Å². The summed E-state index contributed by atoms with van der Waals surface area (Å²) in [6, 6.07) is 33.7. The fourth-order valence-electron chi connectivity index (χ4n) is 7.80. The van der Waals surface area contributed by atoms with Crippen molar-refractivity contribution in [3.05, 3.63) is 160 Å². The van der Waals surface area contributed by atoms with Crippen LogP contribution in [-0.2, 0) is 23.2 Å². The van der Waals surface area contributed by atoms with Crippen LogP contribution < -0.4 is 4.90 Å². The summed E-state index contributed by atoms with van der Waals surface area (Å²) in [5.74, 6) is 0. The standard InChI is InChI=1S/C44H45F6N/c1-7-41(8-2,34-13-11-15-36(28-34)43(45,46)47)32-18-22-38(23-19-32)51(40-26-17-30(5)27-31(40)6)39-24-20-33(21-25-39)42(9-3,10-4)35-14-12-16-37(29-35)44(48,49)50/h11-29H,7-10H2,1-6H3. The van der Waals surface area contributed by atoms with E-state index in [1.54, 1.807) is 12.1 Å². The first-order chi connectivity index (χ1) is 24.1. The van der Waals surface area contributed by atoms with E-state index in [2.05, 4.69) is 30.0 Å². The van der Waals surface area contributed by atoms with E-state index in [0.29, 0.717) is 36.8 Å². The lowest BCUT2D eigenvalue weighted by Gasteiger charge is -2.35. The molecule has 0 heterocycles. The first kappa shape index (κ1) is 37.7. The largest absolute Gasteiger partial charge is 0.416 e. The van der Waals surface area contributed by atoms with Gasteiger partial charge in [-0.05, 0) is 110 Å². The molecule has 0 aromatic heterocycles. The number of aryl methyl sites for hydroxylation is 2. The maximum absolute atomic E-state index is 13.7. The predicted molar refractivity (Wildman–Crippen MR) is 196 cm³/mol. The number of anilines is 3. The van der Waals surface area contributed by atoms with Crippen molar-refractivity contribution in [1.82, 2.24) is 0 Å². The first-order valence-corrected chi connectivity index (χ1v) is 17.6. The average Bonchev–Trinajstić information content (AvgIpc) is 3.11. The Bertz CT molecular complexity index is 1810. The van der Waals surface area contributed by atoms with Gasteiger partial charge in [-0.2, -0.15) is 26.3 Å². The molecule has 0 N–H and O–H groups in total. The Morgan fingerprint density at radius 3 is 1.14 bits per heavy atom. The van der Waals surface area contributed by atoms with Crippen molar-refractivity contribution in [3.63, 3.8) is 0 Å². The lowest BCUT2D eigenvalue weighted by molar-refractivity contribution is -0.138. The Morgan fingerprint density at radius 2 is 0.804 bits per heavy atom. The van der Waals surface area contributed by atoms with Crippen molar-refractivity contribution in [1.29, 1.82) is 0 Å². The van der Waals surface area contributed by atoms with Crippen molar-refractivity contribution >= 4 is 17.1 Å². The molecule has 5 rings (SSSR count). The van der Waals surface area contributed by atoms with E-state index < -0.39 is 34.3 Å². The van der Waals surface area contributed by atoms with E-state index in [9.17, 15) is 26.3 Å². The van der Waals surface area contributed by atoms with Gasteiger partial charge < -0.3 is 4.90 Å². The molecule has 0 saturated heterocycles. The molecule has 0 aliphatic carbocycles. The number of alkyl halides is 6. The predicted octanol–water partition coefficient (Wildman–Crippen LogP) is 14.0. The van der Waals surface area contributed by atoms with Gasteiger partial charge in [0.2, 0.25) is 0 Å². The smallest absolute Gasteiger partial charge is 0.310 e. The number of hydrogen-bond acceptors (Lipinski definition) is 1. The second-order valence-corrected chi connectivity index (χ2v) is 13.5. The van der Waals surface area contributed by atoms with E-state index in [0.717, 1.165) is 51.4 Å². The molecule has 51 heavy (non-hydrogen) atoms. The van der Waals surface area contributed by atoms with E-state index in [4.69, 9.17) is 0 Å². The molecule has 0 aliphatic heterocycles. The minimum Gasteiger partial charge on any atom is -0.310 e. The normalized spacial score (nSPS) is 12.6. The second kappa shape index (κ2) is 14.6. The van der Waals surface area contributed by atoms with Gasteiger partial charge >= 0.3 is 12.4 Å². The lowest BCUT2D eigenvalue weighted by atomic mass is 9.70. The maximum atomic E-state index is 13.7. The Morgan fingerprint density at radius 1 is 0.431 bits per heavy atom. The molecule has 0 bridgehead atoms. The molecule has 5 aromatic carbocycles. The zero-order valence-corrected chi connectivity index (χ0v) is 30.0. The summed E-state index contributed by atoms with van der Waals surface area (Å²) in [7, 11) is 0. The molecular formula is C44H45F6N. The van der Waals surface area contributed by atoms with Crippen LogP contribution in [0.25, 0.3) is 0 Å². The van der Waals surface area contributed by atoms with Gasteiger partial charge in [0.1, 0.15) is 0 Å². The van der Waals surface area contributed by atoms with Gasteiger partial charge in [-0.1, -0.05) is 106 Å². The maximum Gasteiger partial charge on any atom is 0.416 e. The molecule has 0 unspecified atom stereocenters. The summed E-state index contributed by atoms with van der Waals surface area (Å²) in [6.45, 7) is 12.1. The molecule has 0 fully saturated rings. The summed E-state index contributed by atoms with van der Waals surface area (Å²) in [4.78, 5) is 2.15. The highest BCUT2D eigenvalue weighted by Crippen LogP contribution is 2.45. The molecule has 0 radical (unpaired) electrons. The fraction of sp³-hybridized carbons (Fsp3) is 0.318. The van der Waals surface area contributed by atoms with Crippen LogP contribution in [0, 0.1) is 13.8 Å². The van der Waals surface area contributed by atoms with Crippen molar-refractivity contribution in [2.75, 3.05) is 4.90 Å². The van der Waals surface area contributed by atoms with Crippen molar-refractivity contribution in [3.8, 4) is 0 Å². The van der Waals surface area contributed by atoms with Gasteiger partial charge in [0.05, 0.1) is 11.1 Å². The molecule has 0 aliphatic rings. The number of hydrogen-bond donors (Lipinski definition) is 0. The highest BCUT2D eigenvalue weighted by atomic mass is 19.4. The quantitative estimate of drug-likeness (QED) is 0.124. The van der Waals surface area contributed by atoms with Crippen molar-refractivity contribution in [2.45, 2.75) is 90.4 Å². The molecule has 0 spiro atoms. The van der Waals surface area contributed by atoms with E-state index in [1.807, 2.05) is 83.1 Å². The third kappa shape index (κ3) is 7.31. The molecule has 0 amide bonds. The van der Waals surface area contributed by atoms with Crippen LogP contribution in [0.5, 0.6) is 0 Å². The van der Waals surface area contributed by atoms with E-state index in [1.165, 1.54) is 24.3 Å². The summed E-state index contributed by atoms with van der Waals surface area (Å²) in [6.07, 6.45) is -6.39. The molecule has 268 valence electrons. The van der Waals surface area contributed by atoms with E-state index in [-0.39, 0.29) is 0 Å². The van der Waals surface area contributed by atoms with Crippen LogP contribution in [0.4, 0.5) is 43.4 Å². The number of nitrogens with zero attached hydrogens (tertiary/aromatic N) is 1. The van der Waals surface area contributed by atoms with E-state index >= 15 is 0 Å². The van der Waals surface area contributed by atoms with Gasteiger partial charge in [0.25, 0.3) is 0 Å². The highest BCUT2D eigenvalue weighted by Gasteiger charge is 2.37. The average molecular weight is 702 g/mol. The Kier molecular flexibility index (Phi) is 10.8. The van der Waals surface area contributed by atoms with Crippen LogP contribution in [0.3, 0.4) is 0 Å². The summed E-state index contributed by atoms with van der Waals surface area (Å²) < 4.78 is 82.3. The third-order valence-corrected chi connectivity index (χ3v) is 10.8. The second-order valence-electron chi connectivity index (χ2n) is 13.5. The molecule has 0 atom stereocenters. The number of benzene rings is 5. The molecular weight excluding hydrogens is 656 g/mol. The Balaban J connectivity index is 1.60. The van der Waals surface area contributed by atoms with Gasteiger partial charge in [-0.3, -0.25) is 0 Å². The van der Waals surface area contributed by atoms with Crippen LogP contribution in [-0.4, -0.2) is 0 Å². The summed E-state index contributed by atoms with van der Waals surface area (Å²) >= 11 is 0. The monoisotopic (exact) mass is 701 g/mol. The number of rotatable bonds is 11. The molecule has 1 nitrogen and oxygen atoms in total. The van der Waals surface area contributed by atoms with Crippen LogP contribution in [0.15, 0.2) is 115 Å². The van der Waals surface area contributed by atoms with Gasteiger partial charge in [-0.25, -0.2) is 0 Å². The van der Waals surface area contributed by atoms with Crippen LogP contribution in [0.2, 0.25) is 0 Å². The molecule has 5 aromatic rings. The molecule has 7 heteroatoms. The minimum absolute atomic E-state index is 0.612. The molecule has 0 saturated carbocycles. The highest BCUT2D eigenvalue weighted by molar-refractivity contribution is 5.79. The van der Waals surface area contributed by atoms with Crippen LogP contribution in [0.1, 0.15) is 97.9 Å². The fourth-order valence-corrected chi connectivity index (χ4v) is 7.80. The zero-order chi connectivity index (χ0) is 37.2. The Hall–Kier alpha value is -4.52. The Labute approximate surface area is 298 Å². The zero-order valence-electron chi connectivity index (χ0n) is 30.0. The topological polar surface area (TPSA) is 3.24 Å². The van der Waals surface area contributed by atoms with Crippen LogP contribution >= 0.6 is 0 Å². The third-order valence-electron chi connectivity index (χ3n) is 10.8. The lowest BCUT2D eigenvalue weighted by Crippen LogP contribution is -2.27. The van der Waals surface area contributed by atoms with Gasteiger partial charge in [-0.15, -0.1) is 0 Å². The van der Waals surface area contributed by atoms with Crippen molar-refractivity contribution in [2.24, 2.45) is 0 Å². The summed E-state index contributed by atoms with van der Waals surface area (Å²) in [5, 5.41) is 0. The minimum atomic E-state index is -4.43. The first-order valence-electron chi connectivity index (χ1n) is 17.6. The van der Waals surface area contributed by atoms with Crippen molar-refractivity contribution < 1.29 is 26.3 Å². The van der Waals surface area contributed by atoms with Gasteiger partial charge in [0.15, 0.2) is 0 Å². The summed E-state index contributed by atoms with van der Waals surface area (Å²) in [5.41, 5.74) is 5.49. The number of halogens is 6.